The van der Waals surface area contributed by atoms with Gasteiger partial charge >= 0.3 is 12.1 Å². The van der Waals surface area contributed by atoms with Gasteiger partial charge < -0.3 is 20.1 Å². The molecule has 1 fully saturated rings. The lowest BCUT2D eigenvalue weighted by Gasteiger charge is -2.37. The number of nitrogens with one attached hydrogen (secondary N) is 1. The number of carboxylic acid groups (broad SMARTS) is 1. The topological polar surface area (TPSA) is 78.9 Å². The van der Waals surface area contributed by atoms with E-state index in [4.69, 9.17) is 4.74 Å². The Morgan fingerprint density at radius 2 is 1.93 bits per heavy atom. The van der Waals surface area contributed by atoms with Gasteiger partial charge in [0, 0.05) is 31.7 Å². The number of benzene rings is 1. The summed E-state index contributed by atoms with van der Waals surface area (Å²) in [4.78, 5) is 25.6. The number of hydrogen-bond donors (Lipinski definition) is 2. The summed E-state index contributed by atoms with van der Waals surface area (Å²) < 4.78 is 5.48. The predicted octanol–water partition coefficient (Wildman–Crippen LogP) is 4.40. The van der Waals surface area contributed by atoms with E-state index in [1.165, 1.54) is 11.3 Å². The summed E-state index contributed by atoms with van der Waals surface area (Å²) in [5, 5.41) is 13.0. The molecule has 3 rings (SSSR count). The number of anilines is 1. The number of amides is 1. The number of hydrogen-bond acceptors (Lipinski definition) is 4. The summed E-state index contributed by atoms with van der Waals surface area (Å²) in [6.45, 7) is 7.83. The number of nitrogens with zero attached hydrogens (tertiary/aromatic N) is 1. The summed E-state index contributed by atoms with van der Waals surface area (Å²) in [5.74, 6) is 0.201. The zero-order valence-electron chi connectivity index (χ0n) is 17.8. The van der Waals surface area contributed by atoms with E-state index in [2.05, 4.69) is 17.4 Å². The molecule has 2 atom stereocenters. The van der Waals surface area contributed by atoms with Gasteiger partial charge in [0.15, 0.2) is 0 Å². The van der Waals surface area contributed by atoms with Crippen LogP contribution in [-0.2, 0) is 16.0 Å². The zero-order chi connectivity index (χ0) is 21.0. The van der Waals surface area contributed by atoms with Gasteiger partial charge in [0.1, 0.15) is 5.60 Å². The van der Waals surface area contributed by atoms with E-state index >= 15 is 0 Å². The number of likely N-dealkylation sites (tertiary alicyclic amines) is 1. The molecule has 1 saturated heterocycles. The lowest BCUT2D eigenvalue weighted by atomic mass is 9.75. The van der Waals surface area contributed by atoms with Crippen LogP contribution >= 0.6 is 0 Å². The number of aliphatic carboxylic acids is 1. The van der Waals surface area contributed by atoms with Crippen molar-refractivity contribution >= 4 is 17.7 Å². The standard InChI is InChI=1S/C23H34N2O4/c1-23(2,3)29-22(28)25-10-8-16(9-11-25)12-18(14-21(26)27)19-13-17-6-4-5-7-20(17)24-15-19/h4-7,16,18-19,24H,8-15H2,1-3H3,(H,26,27). The Labute approximate surface area is 173 Å². The highest BCUT2D eigenvalue weighted by molar-refractivity contribution is 5.68. The Bertz CT molecular complexity index is 720. The molecular formula is C23H34N2O4. The van der Waals surface area contributed by atoms with Gasteiger partial charge in [-0.15, -0.1) is 0 Å². The van der Waals surface area contributed by atoms with E-state index in [0.717, 1.165) is 32.2 Å². The minimum Gasteiger partial charge on any atom is -0.481 e. The normalized spacial score (nSPS) is 21.1. The quantitative estimate of drug-likeness (QED) is 0.763. The average Bonchev–Trinajstić information content (AvgIpc) is 2.66. The van der Waals surface area contributed by atoms with Crippen molar-refractivity contribution in [3.05, 3.63) is 29.8 Å². The second-order valence-corrected chi connectivity index (χ2v) is 9.51. The summed E-state index contributed by atoms with van der Waals surface area (Å²) >= 11 is 0. The van der Waals surface area contributed by atoms with E-state index in [9.17, 15) is 14.7 Å². The van der Waals surface area contributed by atoms with Crippen molar-refractivity contribution < 1.29 is 19.4 Å². The van der Waals surface area contributed by atoms with Gasteiger partial charge in [-0.2, -0.15) is 0 Å². The van der Waals surface area contributed by atoms with Crippen LogP contribution in [-0.4, -0.2) is 47.3 Å². The van der Waals surface area contributed by atoms with Crippen molar-refractivity contribution in [1.82, 2.24) is 4.90 Å². The molecule has 160 valence electrons. The van der Waals surface area contributed by atoms with Gasteiger partial charge in [0.2, 0.25) is 0 Å². The minimum absolute atomic E-state index is 0.145. The SMILES string of the molecule is CC(C)(C)OC(=O)N1CCC(CC(CC(=O)O)C2CNc3ccccc3C2)CC1. The van der Waals surface area contributed by atoms with Gasteiger partial charge in [-0.1, -0.05) is 18.2 Å². The number of carbonyl (C=O) groups excluding carboxylic acids is 1. The maximum absolute atomic E-state index is 12.3. The largest absolute Gasteiger partial charge is 0.481 e. The summed E-state index contributed by atoms with van der Waals surface area (Å²) in [7, 11) is 0. The Hall–Kier alpha value is -2.24. The molecule has 2 N–H and O–H groups in total. The van der Waals surface area contributed by atoms with Crippen LogP contribution in [0.1, 0.15) is 52.0 Å². The molecule has 2 aliphatic rings. The minimum atomic E-state index is -0.722. The first-order valence-electron chi connectivity index (χ1n) is 10.7. The fraction of sp³-hybridized carbons (Fsp3) is 0.652. The highest BCUT2D eigenvalue weighted by atomic mass is 16.6. The molecule has 0 aromatic heterocycles. The van der Waals surface area contributed by atoms with E-state index in [1.54, 1.807) is 4.90 Å². The van der Waals surface area contributed by atoms with Crippen LogP contribution < -0.4 is 5.32 Å². The lowest BCUT2D eigenvalue weighted by molar-refractivity contribution is -0.138. The first kappa shape index (κ1) is 21.5. The molecule has 1 aromatic carbocycles. The number of ether oxygens (including phenoxy) is 1. The van der Waals surface area contributed by atoms with Gasteiger partial charge in [0.25, 0.3) is 0 Å². The third-order valence-electron chi connectivity index (χ3n) is 6.06. The third kappa shape index (κ3) is 6.12. The van der Waals surface area contributed by atoms with Gasteiger partial charge in [0.05, 0.1) is 0 Å². The molecule has 0 spiro atoms. The molecule has 2 heterocycles. The fourth-order valence-electron chi connectivity index (χ4n) is 4.57. The monoisotopic (exact) mass is 402 g/mol. The molecule has 1 aromatic rings. The first-order chi connectivity index (χ1) is 13.7. The highest BCUT2D eigenvalue weighted by Gasteiger charge is 2.32. The summed E-state index contributed by atoms with van der Waals surface area (Å²) in [6.07, 6.45) is 3.62. The fourth-order valence-corrected chi connectivity index (χ4v) is 4.57. The second-order valence-electron chi connectivity index (χ2n) is 9.51. The molecule has 2 unspecified atom stereocenters. The van der Waals surface area contributed by atoms with E-state index in [0.29, 0.717) is 24.9 Å². The van der Waals surface area contributed by atoms with Crippen molar-refractivity contribution in [2.45, 2.75) is 58.5 Å². The van der Waals surface area contributed by atoms with Crippen LogP contribution in [0, 0.1) is 17.8 Å². The highest BCUT2D eigenvalue weighted by Crippen LogP contribution is 2.35. The lowest BCUT2D eigenvalue weighted by Crippen LogP contribution is -2.42. The predicted molar refractivity (Wildman–Crippen MR) is 113 cm³/mol. The molecule has 1 amide bonds. The van der Waals surface area contributed by atoms with Gasteiger partial charge in [-0.25, -0.2) is 4.79 Å². The van der Waals surface area contributed by atoms with Crippen molar-refractivity contribution in [3.8, 4) is 0 Å². The molecule has 0 radical (unpaired) electrons. The number of carboxylic acids is 1. The number of rotatable bonds is 5. The molecule has 2 aliphatic heterocycles. The van der Waals surface area contributed by atoms with E-state index in [-0.39, 0.29) is 18.4 Å². The summed E-state index contributed by atoms with van der Waals surface area (Å²) in [5.41, 5.74) is 1.97. The second kappa shape index (κ2) is 9.06. The molecule has 29 heavy (non-hydrogen) atoms. The maximum Gasteiger partial charge on any atom is 0.410 e. The molecular weight excluding hydrogens is 368 g/mol. The van der Waals surface area contributed by atoms with Crippen molar-refractivity contribution in [3.63, 3.8) is 0 Å². The van der Waals surface area contributed by atoms with Crippen molar-refractivity contribution in [2.24, 2.45) is 17.8 Å². The Balaban J connectivity index is 1.56. The zero-order valence-corrected chi connectivity index (χ0v) is 17.8. The molecule has 6 heteroatoms. The smallest absolute Gasteiger partial charge is 0.410 e. The Kier molecular flexibility index (Phi) is 6.70. The first-order valence-corrected chi connectivity index (χ1v) is 10.7. The molecule has 0 saturated carbocycles. The number of piperidine rings is 1. The van der Waals surface area contributed by atoms with Crippen molar-refractivity contribution in [1.29, 1.82) is 0 Å². The van der Waals surface area contributed by atoms with Gasteiger partial charge in [-0.3, -0.25) is 4.79 Å². The van der Waals surface area contributed by atoms with Crippen LogP contribution in [0.25, 0.3) is 0 Å². The summed E-state index contributed by atoms with van der Waals surface area (Å²) in [6, 6.07) is 8.29. The average molecular weight is 403 g/mol. The van der Waals surface area contributed by atoms with Crippen LogP contribution in [0.4, 0.5) is 10.5 Å². The maximum atomic E-state index is 12.3. The number of carbonyl (C=O) groups is 2. The van der Waals surface area contributed by atoms with Crippen LogP contribution in [0.3, 0.4) is 0 Å². The number of fused-ring (bicyclic) bond motifs is 1. The van der Waals surface area contributed by atoms with E-state index in [1.807, 2.05) is 32.9 Å². The van der Waals surface area contributed by atoms with E-state index < -0.39 is 11.6 Å². The third-order valence-corrected chi connectivity index (χ3v) is 6.06. The van der Waals surface area contributed by atoms with Crippen LogP contribution in [0.2, 0.25) is 0 Å². The molecule has 6 nitrogen and oxygen atoms in total. The van der Waals surface area contributed by atoms with Crippen LogP contribution in [0.5, 0.6) is 0 Å². The van der Waals surface area contributed by atoms with Gasteiger partial charge in [-0.05, 0) is 75.8 Å². The molecule has 0 aliphatic carbocycles. The Morgan fingerprint density at radius 3 is 2.59 bits per heavy atom. The van der Waals surface area contributed by atoms with Crippen LogP contribution in [0.15, 0.2) is 24.3 Å². The number of para-hydroxylation sites is 1. The van der Waals surface area contributed by atoms with Crippen molar-refractivity contribution in [2.75, 3.05) is 25.0 Å². The Morgan fingerprint density at radius 1 is 1.24 bits per heavy atom. The molecule has 0 bridgehead atoms.